The maximum absolute atomic E-state index is 14.3. The monoisotopic (exact) mass is 521 g/mol. The lowest BCUT2D eigenvalue weighted by atomic mass is 10.0. The number of amidine groups is 1. The van der Waals surface area contributed by atoms with Crippen LogP contribution in [0.1, 0.15) is 23.5 Å². The molecule has 2 unspecified atom stereocenters. The Labute approximate surface area is 198 Å². The van der Waals surface area contributed by atoms with Crippen molar-refractivity contribution in [1.29, 1.82) is 0 Å². The van der Waals surface area contributed by atoms with E-state index in [1.165, 1.54) is 22.2 Å². The van der Waals surface area contributed by atoms with Gasteiger partial charge in [0.25, 0.3) is 0 Å². The average Bonchev–Trinajstić information content (AvgIpc) is 2.80. The largest absolute Gasteiger partial charge is 0.433 e. The topological polar surface area (TPSA) is 109 Å². The number of piperidine rings is 1. The number of aliphatic hydroxyl groups is 2. The number of nitrogens with zero attached hydrogens (tertiary/aromatic N) is 6. The number of hydrogen-bond acceptors (Lipinski definition) is 9. The van der Waals surface area contributed by atoms with Crippen LogP contribution in [0.2, 0.25) is 0 Å². The Kier molecular flexibility index (Phi) is 6.61. The molecule has 4 heterocycles. The lowest BCUT2D eigenvalue weighted by molar-refractivity contribution is -0.242. The minimum Gasteiger partial charge on any atom is -0.363 e. The second-order valence-corrected chi connectivity index (χ2v) is 7.94. The summed E-state index contributed by atoms with van der Waals surface area (Å²) in [5.74, 6) is -2.84. The maximum atomic E-state index is 14.3. The average molecular weight is 521 g/mol. The van der Waals surface area contributed by atoms with Gasteiger partial charge in [-0.25, -0.2) is 24.4 Å². The molecule has 1 fully saturated rings. The van der Waals surface area contributed by atoms with Gasteiger partial charge in [0.15, 0.2) is 17.8 Å². The summed E-state index contributed by atoms with van der Waals surface area (Å²) >= 11 is 0. The van der Waals surface area contributed by atoms with E-state index in [0.717, 1.165) is 24.7 Å². The van der Waals surface area contributed by atoms with Gasteiger partial charge < -0.3 is 15.5 Å². The van der Waals surface area contributed by atoms with Gasteiger partial charge >= 0.3 is 12.4 Å². The van der Waals surface area contributed by atoms with Crippen molar-refractivity contribution in [2.45, 2.75) is 37.0 Å². The standard InChI is InChI=1S/C20H18F7N7O2/c21-13-9-33(7-5-18(13,35)36)34-10-29-16(12-2-1-3-14(31-12)19(22,23)24)32-17(34)30-11-4-6-28-15(8-11)20(25,26)27/h1-4,6,8,10,13,17,35-36H,5,7,9H2,(H,28,30). The lowest BCUT2D eigenvalue weighted by Gasteiger charge is -2.44. The summed E-state index contributed by atoms with van der Waals surface area (Å²) in [7, 11) is 0. The van der Waals surface area contributed by atoms with Crippen LogP contribution >= 0.6 is 0 Å². The van der Waals surface area contributed by atoms with Crippen molar-refractivity contribution in [2.75, 3.05) is 18.4 Å². The second kappa shape index (κ2) is 9.25. The van der Waals surface area contributed by atoms with E-state index in [4.69, 9.17) is 0 Å². The number of alkyl halides is 7. The minimum absolute atomic E-state index is 0.102. The number of hydrazine groups is 1. The lowest BCUT2D eigenvalue weighted by Crippen LogP contribution is -2.61. The molecule has 2 atom stereocenters. The summed E-state index contributed by atoms with van der Waals surface area (Å²) in [6, 6.07) is 4.97. The number of aliphatic imine (C=N–C) groups is 2. The predicted molar refractivity (Wildman–Crippen MR) is 111 cm³/mol. The highest BCUT2D eigenvalue weighted by Gasteiger charge is 2.43. The third-order valence-electron chi connectivity index (χ3n) is 5.35. The molecule has 2 aliphatic rings. The molecule has 4 rings (SSSR count). The maximum Gasteiger partial charge on any atom is 0.433 e. The third-order valence-corrected chi connectivity index (χ3v) is 5.35. The summed E-state index contributed by atoms with van der Waals surface area (Å²) in [6.07, 6.45) is -11.3. The third kappa shape index (κ3) is 5.55. The molecule has 3 N–H and O–H groups in total. The van der Waals surface area contributed by atoms with Crippen molar-refractivity contribution in [1.82, 2.24) is 20.0 Å². The molecule has 194 valence electrons. The van der Waals surface area contributed by atoms with E-state index >= 15 is 0 Å². The van der Waals surface area contributed by atoms with Gasteiger partial charge in [0.1, 0.15) is 23.4 Å². The molecule has 2 aromatic rings. The van der Waals surface area contributed by atoms with Gasteiger partial charge in [-0.2, -0.15) is 26.3 Å². The first-order valence-electron chi connectivity index (χ1n) is 10.3. The Morgan fingerprint density at radius 3 is 2.42 bits per heavy atom. The van der Waals surface area contributed by atoms with Crippen molar-refractivity contribution in [2.24, 2.45) is 9.98 Å². The van der Waals surface area contributed by atoms with Crippen LogP contribution in [0.4, 0.5) is 36.4 Å². The Morgan fingerprint density at radius 2 is 1.75 bits per heavy atom. The van der Waals surface area contributed by atoms with E-state index in [2.05, 4.69) is 25.3 Å². The number of pyridine rings is 2. The zero-order chi connectivity index (χ0) is 26.3. The van der Waals surface area contributed by atoms with Gasteiger partial charge in [0.05, 0.1) is 6.54 Å². The van der Waals surface area contributed by atoms with Crippen molar-refractivity contribution in [3.63, 3.8) is 0 Å². The fourth-order valence-electron chi connectivity index (χ4n) is 3.47. The fourth-order valence-corrected chi connectivity index (χ4v) is 3.47. The normalized spacial score (nSPS) is 22.9. The van der Waals surface area contributed by atoms with E-state index in [0.29, 0.717) is 6.07 Å². The van der Waals surface area contributed by atoms with Gasteiger partial charge in [-0.1, -0.05) is 6.07 Å². The van der Waals surface area contributed by atoms with E-state index in [-0.39, 0.29) is 23.8 Å². The van der Waals surface area contributed by atoms with Crippen molar-refractivity contribution < 1.29 is 40.9 Å². The first-order chi connectivity index (χ1) is 16.7. The van der Waals surface area contributed by atoms with Crippen LogP contribution in [0.3, 0.4) is 0 Å². The number of nitrogens with one attached hydrogen (secondary N) is 1. The molecule has 2 aromatic heterocycles. The summed E-state index contributed by atoms with van der Waals surface area (Å²) in [4.78, 5) is 15.0. The van der Waals surface area contributed by atoms with Gasteiger partial charge in [-0.05, 0) is 24.3 Å². The molecule has 0 aliphatic carbocycles. The van der Waals surface area contributed by atoms with Crippen LogP contribution in [0.15, 0.2) is 46.5 Å². The summed E-state index contributed by atoms with van der Waals surface area (Å²) in [6.45, 7) is -0.636. The molecule has 0 amide bonds. The number of aromatic nitrogens is 2. The number of hydrogen-bond donors (Lipinski definition) is 3. The van der Waals surface area contributed by atoms with Crippen molar-refractivity contribution >= 4 is 17.9 Å². The summed E-state index contributed by atoms with van der Waals surface area (Å²) in [5, 5.41) is 24.5. The van der Waals surface area contributed by atoms with Crippen LogP contribution < -0.4 is 5.32 Å². The molecule has 0 spiro atoms. The molecule has 0 saturated carbocycles. The molecule has 36 heavy (non-hydrogen) atoms. The molecule has 1 saturated heterocycles. The Bertz CT molecular complexity index is 1170. The molecule has 0 bridgehead atoms. The number of rotatable bonds is 4. The van der Waals surface area contributed by atoms with Crippen molar-refractivity contribution in [3.05, 3.63) is 53.6 Å². The van der Waals surface area contributed by atoms with Gasteiger partial charge in [0.2, 0.25) is 6.29 Å². The predicted octanol–water partition coefficient (Wildman–Crippen LogP) is 2.64. The van der Waals surface area contributed by atoms with Gasteiger partial charge in [-0.15, -0.1) is 0 Å². The van der Waals surface area contributed by atoms with Crippen LogP contribution in [0, 0.1) is 0 Å². The Hall–Kier alpha value is -3.37. The van der Waals surface area contributed by atoms with E-state index in [1.807, 2.05) is 0 Å². The van der Waals surface area contributed by atoms with Gasteiger partial charge in [0, 0.05) is 24.8 Å². The SMILES string of the molecule is OC1(O)CCN(N2C=NC(c3cccc(C(F)(F)F)n3)=NC2Nc2ccnc(C(F)(F)F)c2)CC1F. The zero-order valence-electron chi connectivity index (χ0n) is 18.0. The molecular weight excluding hydrogens is 503 g/mol. The molecule has 0 radical (unpaired) electrons. The highest BCUT2D eigenvalue weighted by atomic mass is 19.4. The van der Waals surface area contributed by atoms with E-state index < -0.39 is 55.0 Å². The van der Waals surface area contributed by atoms with Crippen LogP contribution in [0.25, 0.3) is 0 Å². The van der Waals surface area contributed by atoms with Crippen LogP contribution in [-0.4, -0.2) is 73.7 Å². The van der Waals surface area contributed by atoms with Crippen LogP contribution in [-0.2, 0) is 12.4 Å². The van der Waals surface area contributed by atoms with E-state index in [1.54, 1.807) is 0 Å². The summed E-state index contributed by atoms with van der Waals surface area (Å²) in [5.41, 5.74) is -2.77. The van der Waals surface area contributed by atoms with Crippen molar-refractivity contribution in [3.8, 4) is 0 Å². The fraction of sp³-hybridized carbons (Fsp3) is 0.400. The van der Waals surface area contributed by atoms with Crippen LogP contribution in [0.5, 0.6) is 0 Å². The molecule has 2 aliphatic heterocycles. The highest BCUT2D eigenvalue weighted by Crippen LogP contribution is 2.31. The minimum atomic E-state index is -4.75. The Balaban J connectivity index is 1.68. The first kappa shape index (κ1) is 25.7. The molecule has 16 heteroatoms. The molecule has 9 nitrogen and oxygen atoms in total. The summed E-state index contributed by atoms with van der Waals surface area (Å²) < 4.78 is 92.9. The first-order valence-corrected chi connectivity index (χ1v) is 10.3. The highest BCUT2D eigenvalue weighted by molar-refractivity contribution is 6.02. The Morgan fingerprint density at radius 1 is 1.03 bits per heavy atom. The smallest absolute Gasteiger partial charge is 0.363 e. The number of halogens is 7. The number of anilines is 1. The van der Waals surface area contributed by atoms with E-state index in [9.17, 15) is 40.9 Å². The quantitative estimate of drug-likeness (QED) is 0.419. The second-order valence-electron chi connectivity index (χ2n) is 7.94. The zero-order valence-corrected chi connectivity index (χ0v) is 18.0. The molecular formula is C20H18F7N7O2. The van der Waals surface area contributed by atoms with Gasteiger partial charge in [-0.3, -0.25) is 9.99 Å². The molecule has 0 aromatic carbocycles.